The van der Waals surface area contributed by atoms with Gasteiger partial charge in [0.1, 0.15) is 11.3 Å². The molecule has 31 heavy (non-hydrogen) atoms. The van der Waals surface area contributed by atoms with Crippen molar-refractivity contribution in [3.63, 3.8) is 0 Å². The van der Waals surface area contributed by atoms with Crippen LogP contribution < -0.4 is 10.9 Å². The Morgan fingerprint density at radius 2 is 1.68 bits per heavy atom. The zero-order chi connectivity index (χ0) is 22.0. The number of para-hydroxylation sites is 1. The van der Waals surface area contributed by atoms with Gasteiger partial charge >= 0.3 is 0 Å². The molecule has 3 heterocycles. The zero-order valence-corrected chi connectivity index (χ0v) is 17.7. The van der Waals surface area contributed by atoms with Gasteiger partial charge in [-0.1, -0.05) is 24.3 Å². The average Bonchev–Trinajstić information content (AvgIpc) is 3.26. The molecule has 3 aromatic heterocycles. The number of hydrogen-bond acceptors (Lipinski definition) is 4. The predicted molar refractivity (Wildman–Crippen MR) is 117 cm³/mol. The van der Waals surface area contributed by atoms with Crippen LogP contribution in [0.15, 0.2) is 54.7 Å². The molecular weight excluding hydrogens is 392 g/mol. The molecule has 0 radical (unpaired) electrons. The summed E-state index contributed by atoms with van der Waals surface area (Å²) in [7, 11) is 0. The molecule has 2 N–H and O–H groups in total. The summed E-state index contributed by atoms with van der Waals surface area (Å²) in [6, 6.07) is 15.4. The number of carbonyl (C=O) groups is 2. The number of rotatable bonds is 5. The van der Waals surface area contributed by atoms with Crippen molar-refractivity contribution in [2.75, 3.05) is 0 Å². The summed E-state index contributed by atoms with van der Waals surface area (Å²) in [6.07, 6.45) is 2.53. The highest BCUT2D eigenvalue weighted by molar-refractivity contribution is 5.95. The lowest BCUT2D eigenvalue weighted by Gasteiger charge is -2.08. The number of pyridine rings is 1. The normalized spacial score (nSPS) is 10.9. The molecule has 1 aromatic carbocycles. The van der Waals surface area contributed by atoms with E-state index in [-0.39, 0.29) is 12.3 Å². The maximum atomic E-state index is 12.6. The quantitative estimate of drug-likeness (QED) is 0.489. The minimum Gasteiger partial charge on any atom is -0.295 e. The first-order valence-corrected chi connectivity index (χ1v) is 10.1. The molecule has 0 aliphatic heterocycles. The molecule has 0 aliphatic rings. The molecule has 4 aromatic rings. The van der Waals surface area contributed by atoms with Gasteiger partial charge in [-0.05, 0) is 57.0 Å². The van der Waals surface area contributed by atoms with Gasteiger partial charge < -0.3 is 0 Å². The zero-order valence-electron chi connectivity index (χ0n) is 17.7. The Hall–Kier alpha value is -3.94. The molecule has 0 fully saturated rings. The number of nitrogens with one attached hydrogen (secondary N) is 2. The van der Waals surface area contributed by atoms with Crippen LogP contribution in [0.1, 0.15) is 39.6 Å². The molecule has 158 valence electrons. The smallest absolute Gasteiger partial charge is 0.288 e. The van der Waals surface area contributed by atoms with Crippen LogP contribution in [0.3, 0.4) is 0 Å². The number of amides is 2. The summed E-state index contributed by atoms with van der Waals surface area (Å²) in [6.45, 7) is 5.70. The lowest BCUT2D eigenvalue weighted by molar-refractivity contribution is -0.121. The van der Waals surface area contributed by atoms with Crippen molar-refractivity contribution in [1.29, 1.82) is 0 Å². The molecular formula is C23H24N6O2. The van der Waals surface area contributed by atoms with Crippen LogP contribution >= 0.6 is 0 Å². The fraction of sp³-hybridized carbons (Fsp3) is 0.217. The van der Waals surface area contributed by atoms with Gasteiger partial charge in [-0.25, -0.2) is 9.67 Å². The number of aryl methyl sites for hydroxylation is 2. The van der Waals surface area contributed by atoms with E-state index < -0.39 is 5.91 Å². The van der Waals surface area contributed by atoms with Crippen molar-refractivity contribution in [1.82, 2.24) is 30.0 Å². The van der Waals surface area contributed by atoms with Crippen molar-refractivity contribution in [2.24, 2.45) is 0 Å². The van der Waals surface area contributed by atoms with Gasteiger partial charge in [-0.15, -0.1) is 0 Å². The van der Waals surface area contributed by atoms with Crippen LogP contribution in [0.5, 0.6) is 0 Å². The average molecular weight is 416 g/mol. The second kappa shape index (κ2) is 8.43. The summed E-state index contributed by atoms with van der Waals surface area (Å²) >= 11 is 0. The van der Waals surface area contributed by atoms with Gasteiger partial charge in [0.2, 0.25) is 5.91 Å². The van der Waals surface area contributed by atoms with E-state index in [1.54, 1.807) is 17.5 Å². The Labute approximate surface area is 179 Å². The van der Waals surface area contributed by atoms with Crippen LogP contribution in [-0.4, -0.2) is 31.0 Å². The van der Waals surface area contributed by atoms with E-state index in [0.29, 0.717) is 23.5 Å². The number of hydrazine groups is 1. The fourth-order valence-electron chi connectivity index (χ4n) is 3.73. The third-order valence-corrected chi connectivity index (χ3v) is 5.28. The predicted octanol–water partition coefficient (Wildman–Crippen LogP) is 2.84. The topological polar surface area (TPSA) is 93.3 Å². The van der Waals surface area contributed by atoms with E-state index >= 15 is 0 Å². The minimum absolute atomic E-state index is 0.231. The molecule has 0 saturated heterocycles. The van der Waals surface area contributed by atoms with Crippen LogP contribution in [-0.2, 0) is 11.2 Å². The monoisotopic (exact) mass is 416 g/mol. The molecule has 8 nitrogen and oxygen atoms in total. The number of carbonyl (C=O) groups excluding carboxylic acids is 2. The van der Waals surface area contributed by atoms with E-state index in [4.69, 9.17) is 0 Å². The maximum Gasteiger partial charge on any atom is 0.288 e. The Kier molecular flexibility index (Phi) is 5.53. The first kappa shape index (κ1) is 20.3. The Morgan fingerprint density at radius 3 is 2.45 bits per heavy atom. The lowest BCUT2D eigenvalue weighted by Crippen LogP contribution is -2.42. The van der Waals surface area contributed by atoms with Gasteiger partial charge in [-0.3, -0.25) is 24.8 Å². The molecule has 0 unspecified atom stereocenters. The van der Waals surface area contributed by atoms with Gasteiger partial charge in [0.15, 0.2) is 0 Å². The van der Waals surface area contributed by atoms with E-state index in [2.05, 4.69) is 20.9 Å². The second-order valence-corrected chi connectivity index (χ2v) is 7.37. The summed E-state index contributed by atoms with van der Waals surface area (Å²) in [5.74, 6) is -0.681. The van der Waals surface area contributed by atoms with E-state index in [1.165, 1.54) is 0 Å². The molecule has 0 spiro atoms. The maximum absolute atomic E-state index is 12.6. The molecule has 0 saturated carbocycles. The number of benzene rings is 1. The first-order chi connectivity index (χ1) is 15.0. The molecule has 8 heteroatoms. The number of imidazole rings is 1. The lowest BCUT2D eigenvalue weighted by atomic mass is 10.1. The van der Waals surface area contributed by atoms with Crippen molar-refractivity contribution >= 4 is 17.5 Å². The van der Waals surface area contributed by atoms with Crippen molar-refractivity contribution in [3.05, 3.63) is 83.1 Å². The highest BCUT2D eigenvalue weighted by Gasteiger charge is 2.18. The highest BCUT2D eigenvalue weighted by atomic mass is 16.2. The summed E-state index contributed by atoms with van der Waals surface area (Å²) in [4.78, 5) is 29.3. The minimum atomic E-state index is -0.409. The largest absolute Gasteiger partial charge is 0.295 e. The van der Waals surface area contributed by atoms with E-state index in [1.807, 2.05) is 67.1 Å². The van der Waals surface area contributed by atoms with Gasteiger partial charge in [0.05, 0.1) is 17.1 Å². The van der Waals surface area contributed by atoms with Crippen LogP contribution in [0, 0.1) is 20.8 Å². The summed E-state index contributed by atoms with van der Waals surface area (Å²) < 4.78 is 3.58. The Morgan fingerprint density at radius 1 is 0.935 bits per heavy atom. The Bertz CT molecular complexity index is 1260. The van der Waals surface area contributed by atoms with Crippen molar-refractivity contribution in [3.8, 4) is 5.69 Å². The highest BCUT2D eigenvalue weighted by Crippen LogP contribution is 2.19. The number of hydrogen-bond donors (Lipinski definition) is 2. The third kappa shape index (κ3) is 4.05. The van der Waals surface area contributed by atoms with Gasteiger partial charge in [0.25, 0.3) is 5.91 Å². The van der Waals surface area contributed by atoms with Gasteiger partial charge in [0, 0.05) is 18.3 Å². The number of nitrogens with zero attached hydrogens (tertiary/aromatic N) is 4. The Balaban J connectivity index is 1.38. The van der Waals surface area contributed by atoms with Gasteiger partial charge in [-0.2, -0.15) is 5.10 Å². The van der Waals surface area contributed by atoms with E-state index in [9.17, 15) is 9.59 Å². The fourth-order valence-corrected chi connectivity index (χ4v) is 3.73. The van der Waals surface area contributed by atoms with Crippen LogP contribution in [0.4, 0.5) is 0 Å². The molecule has 4 rings (SSSR count). The SMILES string of the molecule is Cc1nn(-c2ccccc2)c(C)c1CCC(=O)NNC(=O)c1c(C)nc2ccccn12. The van der Waals surface area contributed by atoms with Crippen LogP contribution in [0.25, 0.3) is 11.3 Å². The molecule has 2 amide bonds. The number of aromatic nitrogens is 4. The number of fused-ring (bicyclic) bond motifs is 1. The molecule has 0 aliphatic carbocycles. The summed E-state index contributed by atoms with van der Waals surface area (Å²) in [5.41, 5.74) is 10.6. The second-order valence-electron chi connectivity index (χ2n) is 7.37. The third-order valence-electron chi connectivity index (χ3n) is 5.28. The van der Waals surface area contributed by atoms with Crippen molar-refractivity contribution < 1.29 is 9.59 Å². The first-order valence-electron chi connectivity index (χ1n) is 10.1. The standard InChI is InChI=1S/C23H24N6O2/c1-15-19(17(3)29(27-15)18-9-5-4-6-10-18)12-13-21(30)25-26-23(31)22-16(2)24-20-11-7-8-14-28(20)22/h4-11,14H,12-13H2,1-3H3,(H,25,30)(H,26,31). The van der Waals surface area contributed by atoms with Crippen molar-refractivity contribution in [2.45, 2.75) is 33.6 Å². The molecule has 0 bridgehead atoms. The summed E-state index contributed by atoms with van der Waals surface area (Å²) in [5, 5.41) is 4.61. The molecule has 0 atom stereocenters. The van der Waals surface area contributed by atoms with Crippen LogP contribution in [0.2, 0.25) is 0 Å². The van der Waals surface area contributed by atoms with E-state index in [0.717, 1.165) is 22.6 Å².